The molecule has 2 aromatic rings. The zero-order valence-electron chi connectivity index (χ0n) is 14.4. The Hall–Kier alpha value is -1.83. The van der Waals surface area contributed by atoms with E-state index in [0.29, 0.717) is 18.5 Å². The number of amides is 1. The van der Waals surface area contributed by atoms with Gasteiger partial charge in [0.25, 0.3) is 5.91 Å². The lowest BCUT2D eigenvalue weighted by molar-refractivity contribution is 0.0988. The second-order valence-electron chi connectivity index (χ2n) is 5.89. The summed E-state index contributed by atoms with van der Waals surface area (Å²) in [5.41, 5.74) is 3.29. The highest BCUT2D eigenvalue weighted by molar-refractivity contribution is 7.98. The Morgan fingerprint density at radius 1 is 1.20 bits per heavy atom. The van der Waals surface area contributed by atoms with E-state index in [2.05, 4.69) is 4.72 Å². The Balaban J connectivity index is 1.97. The maximum Gasteiger partial charge on any atom is 0.258 e. The largest absolute Gasteiger partial charge is 0.308 e. The number of hydrogen-bond donors (Lipinski definition) is 1. The van der Waals surface area contributed by atoms with Gasteiger partial charge in [-0.3, -0.25) is 4.79 Å². The van der Waals surface area contributed by atoms with Crippen molar-refractivity contribution in [2.45, 2.75) is 23.1 Å². The summed E-state index contributed by atoms with van der Waals surface area (Å²) in [6.07, 6.45) is 2.63. The number of nitrogens with zero attached hydrogens (tertiary/aromatic N) is 1. The van der Waals surface area contributed by atoms with Gasteiger partial charge in [-0.2, -0.15) is 0 Å². The molecule has 0 atom stereocenters. The lowest BCUT2D eigenvalue weighted by Gasteiger charge is -2.19. The van der Waals surface area contributed by atoms with Gasteiger partial charge < -0.3 is 4.90 Å². The molecule has 0 saturated heterocycles. The summed E-state index contributed by atoms with van der Waals surface area (Å²) >= 11 is 1.60. The molecule has 1 N–H and O–H groups in total. The predicted octanol–water partition coefficient (Wildman–Crippen LogP) is 2.83. The number of carbonyl (C=O) groups is 1. The van der Waals surface area contributed by atoms with Gasteiger partial charge in [-0.15, -0.1) is 11.8 Å². The number of benzene rings is 2. The molecule has 0 unspecified atom stereocenters. The van der Waals surface area contributed by atoms with E-state index in [1.54, 1.807) is 34.9 Å². The Morgan fingerprint density at radius 3 is 2.64 bits per heavy atom. The third-order valence-corrected chi connectivity index (χ3v) is 6.58. The van der Waals surface area contributed by atoms with Crippen molar-refractivity contribution in [2.24, 2.45) is 0 Å². The Labute approximate surface area is 152 Å². The van der Waals surface area contributed by atoms with Gasteiger partial charge in [-0.05, 0) is 68.1 Å². The summed E-state index contributed by atoms with van der Waals surface area (Å²) in [7, 11) is -2.09. The number of rotatable bonds is 4. The van der Waals surface area contributed by atoms with E-state index in [0.717, 1.165) is 21.7 Å². The molecular weight excluding hydrogens is 356 g/mol. The maximum absolute atomic E-state index is 13.0. The molecule has 1 aliphatic rings. The van der Waals surface area contributed by atoms with Crippen molar-refractivity contribution < 1.29 is 13.2 Å². The summed E-state index contributed by atoms with van der Waals surface area (Å²) in [4.78, 5) is 16.0. The quantitative estimate of drug-likeness (QED) is 0.834. The monoisotopic (exact) mass is 376 g/mol. The van der Waals surface area contributed by atoms with Crippen LogP contribution in [0.15, 0.2) is 46.2 Å². The number of thioether (sulfide) groups is 1. The minimum absolute atomic E-state index is 0.0450. The molecule has 132 valence electrons. The molecular formula is C18H20N2O3S2. The van der Waals surface area contributed by atoms with Gasteiger partial charge >= 0.3 is 0 Å². The van der Waals surface area contributed by atoms with Crippen molar-refractivity contribution in [3.05, 3.63) is 53.1 Å². The molecule has 0 fully saturated rings. The van der Waals surface area contributed by atoms with E-state index < -0.39 is 10.0 Å². The van der Waals surface area contributed by atoms with E-state index in [-0.39, 0.29) is 10.8 Å². The SMILES string of the molecule is CNS(=O)(=O)c1ccc2c(c1)CCN2C(=O)c1cc(SC)ccc1C. The number of sulfonamides is 1. The topological polar surface area (TPSA) is 66.5 Å². The van der Waals surface area contributed by atoms with Gasteiger partial charge in [0, 0.05) is 22.7 Å². The van der Waals surface area contributed by atoms with E-state index in [4.69, 9.17) is 0 Å². The normalized spacial score (nSPS) is 13.8. The van der Waals surface area contributed by atoms with Crippen LogP contribution >= 0.6 is 11.8 Å². The molecule has 7 heteroatoms. The highest BCUT2D eigenvalue weighted by Crippen LogP contribution is 2.32. The van der Waals surface area contributed by atoms with Gasteiger partial charge in [0.2, 0.25) is 10.0 Å². The van der Waals surface area contributed by atoms with Crippen LogP contribution < -0.4 is 9.62 Å². The summed E-state index contributed by atoms with van der Waals surface area (Å²) in [5, 5.41) is 0. The molecule has 1 amide bonds. The fourth-order valence-corrected chi connectivity index (χ4v) is 4.20. The molecule has 3 rings (SSSR count). The molecule has 0 spiro atoms. The second-order valence-corrected chi connectivity index (χ2v) is 8.65. The highest BCUT2D eigenvalue weighted by Gasteiger charge is 2.28. The van der Waals surface area contributed by atoms with E-state index >= 15 is 0 Å². The van der Waals surface area contributed by atoms with Crippen molar-refractivity contribution in [1.82, 2.24) is 4.72 Å². The number of nitrogens with one attached hydrogen (secondary N) is 1. The summed E-state index contributed by atoms with van der Waals surface area (Å²) < 4.78 is 26.2. The standard InChI is InChI=1S/C18H20N2O3S2/c1-12-4-5-14(24-3)11-16(12)18(21)20-9-8-13-10-15(6-7-17(13)20)25(22,23)19-2/h4-7,10-11,19H,8-9H2,1-3H3. The van der Waals surface area contributed by atoms with Crippen LogP contribution in [-0.4, -0.2) is 34.2 Å². The lowest BCUT2D eigenvalue weighted by atomic mass is 10.1. The average molecular weight is 377 g/mol. The average Bonchev–Trinajstić information content (AvgIpc) is 3.04. The Morgan fingerprint density at radius 2 is 1.96 bits per heavy atom. The van der Waals surface area contributed by atoms with Crippen LogP contribution in [0.4, 0.5) is 5.69 Å². The van der Waals surface area contributed by atoms with Crippen LogP contribution in [0.3, 0.4) is 0 Å². The van der Waals surface area contributed by atoms with Crippen LogP contribution in [0.2, 0.25) is 0 Å². The third kappa shape index (κ3) is 3.31. The van der Waals surface area contributed by atoms with Crippen molar-refractivity contribution in [3.8, 4) is 0 Å². The molecule has 1 aliphatic heterocycles. The maximum atomic E-state index is 13.0. The first-order chi connectivity index (χ1) is 11.9. The van der Waals surface area contributed by atoms with Crippen molar-refractivity contribution in [1.29, 1.82) is 0 Å². The molecule has 1 heterocycles. The third-order valence-electron chi connectivity index (χ3n) is 4.45. The first kappa shape index (κ1) is 18.0. The van der Waals surface area contributed by atoms with E-state index in [1.165, 1.54) is 7.05 Å². The van der Waals surface area contributed by atoms with Crippen molar-refractivity contribution in [2.75, 3.05) is 24.7 Å². The van der Waals surface area contributed by atoms with Crippen LogP contribution in [-0.2, 0) is 16.4 Å². The van der Waals surface area contributed by atoms with E-state index in [9.17, 15) is 13.2 Å². The number of carbonyl (C=O) groups excluding carboxylic acids is 1. The molecule has 0 saturated carbocycles. The van der Waals surface area contributed by atoms with Gasteiger partial charge in [0.05, 0.1) is 4.90 Å². The minimum atomic E-state index is -3.48. The molecule has 5 nitrogen and oxygen atoms in total. The van der Waals surface area contributed by atoms with Crippen LogP contribution in [0.25, 0.3) is 0 Å². The number of aryl methyl sites for hydroxylation is 1. The minimum Gasteiger partial charge on any atom is -0.308 e. The Bertz CT molecular complexity index is 939. The molecule has 0 aromatic heterocycles. The zero-order chi connectivity index (χ0) is 18.2. The predicted molar refractivity (Wildman–Crippen MR) is 101 cm³/mol. The Kier molecular flexibility index (Phi) is 4.90. The second kappa shape index (κ2) is 6.82. The summed E-state index contributed by atoms with van der Waals surface area (Å²) in [5.74, 6) is -0.0450. The van der Waals surface area contributed by atoms with Gasteiger partial charge in [-0.25, -0.2) is 13.1 Å². The van der Waals surface area contributed by atoms with Gasteiger partial charge in [0.1, 0.15) is 0 Å². The zero-order valence-corrected chi connectivity index (χ0v) is 16.0. The first-order valence-corrected chi connectivity index (χ1v) is 10.6. The van der Waals surface area contributed by atoms with Crippen LogP contribution in [0.1, 0.15) is 21.5 Å². The van der Waals surface area contributed by atoms with E-state index in [1.807, 2.05) is 31.4 Å². The summed E-state index contributed by atoms with van der Waals surface area (Å²) in [6.45, 7) is 2.48. The van der Waals surface area contributed by atoms with Gasteiger partial charge in [0.15, 0.2) is 0 Å². The fraction of sp³-hybridized carbons (Fsp3) is 0.278. The van der Waals surface area contributed by atoms with Gasteiger partial charge in [-0.1, -0.05) is 6.07 Å². The van der Waals surface area contributed by atoms with Crippen molar-refractivity contribution in [3.63, 3.8) is 0 Å². The summed E-state index contributed by atoms with van der Waals surface area (Å²) in [6, 6.07) is 10.8. The molecule has 25 heavy (non-hydrogen) atoms. The number of hydrogen-bond acceptors (Lipinski definition) is 4. The van der Waals surface area contributed by atoms with Crippen LogP contribution in [0.5, 0.6) is 0 Å². The molecule has 0 aliphatic carbocycles. The number of anilines is 1. The smallest absolute Gasteiger partial charge is 0.258 e. The molecule has 2 aromatic carbocycles. The fourth-order valence-electron chi connectivity index (χ4n) is 2.98. The highest BCUT2D eigenvalue weighted by atomic mass is 32.2. The lowest BCUT2D eigenvalue weighted by Crippen LogP contribution is -2.29. The molecule has 0 bridgehead atoms. The van der Waals surface area contributed by atoms with Crippen LogP contribution in [0, 0.1) is 6.92 Å². The van der Waals surface area contributed by atoms with Crippen molar-refractivity contribution >= 4 is 33.4 Å². The first-order valence-electron chi connectivity index (χ1n) is 7.90. The molecule has 0 radical (unpaired) electrons. The number of fused-ring (bicyclic) bond motifs is 1.